The Balaban J connectivity index is 2.09. The molecular weight excluding hydrogens is 200 g/mol. The fraction of sp³-hybridized carbons (Fsp3) is 0.462. The maximum Gasteiger partial charge on any atom is 0.251 e. The fourth-order valence-electron chi connectivity index (χ4n) is 2.19. The lowest BCUT2D eigenvalue weighted by molar-refractivity contribution is 0.0963. The first-order valence-electron chi connectivity index (χ1n) is 5.84. The van der Waals surface area contributed by atoms with Crippen LogP contribution in [0.25, 0.3) is 0 Å². The average molecular weight is 218 g/mol. The van der Waals surface area contributed by atoms with Crippen LogP contribution in [0.2, 0.25) is 0 Å². The van der Waals surface area contributed by atoms with Crippen molar-refractivity contribution in [1.29, 1.82) is 0 Å². The zero-order valence-electron chi connectivity index (χ0n) is 9.62. The zero-order chi connectivity index (χ0) is 11.4. The molecule has 1 atom stereocenters. The number of nitrogens with one attached hydrogen (secondary N) is 2. The fourth-order valence-corrected chi connectivity index (χ4v) is 2.19. The molecule has 0 radical (unpaired) electrons. The molecule has 1 aromatic rings. The molecule has 1 amide bonds. The quantitative estimate of drug-likeness (QED) is 0.790. The Morgan fingerprint density at radius 3 is 2.69 bits per heavy atom. The van der Waals surface area contributed by atoms with E-state index in [-0.39, 0.29) is 5.91 Å². The molecule has 1 fully saturated rings. The number of piperidine rings is 1. The van der Waals surface area contributed by atoms with Crippen LogP contribution in [0, 0.1) is 0 Å². The summed E-state index contributed by atoms with van der Waals surface area (Å²) in [6, 6.07) is 7.95. The molecule has 86 valence electrons. The van der Waals surface area contributed by atoms with Gasteiger partial charge in [-0.05, 0) is 43.0 Å². The Hall–Kier alpha value is -1.35. The number of carbonyl (C=O) groups is 1. The molecule has 0 saturated carbocycles. The molecule has 1 aliphatic rings. The van der Waals surface area contributed by atoms with Crippen molar-refractivity contribution in [2.75, 3.05) is 20.1 Å². The normalized spacial score (nSPS) is 20.4. The Morgan fingerprint density at radius 2 is 2.12 bits per heavy atom. The molecule has 0 unspecified atom stereocenters. The SMILES string of the molecule is CNC(=O)c1ccc([C@@H]2CCCNC2)cc1. The molecule has 2 N–H and O–H groups in total. The number of rotatable bonds is 2. The minimum absolute atomic E-state index is 0.0201. The molecule has 0 aliphatic carbocycles. The van der Waals surface area contributed by atoms with Crippen LogP contribution in [0.15, 0.2) is 24.3 Å². The molecule has 16 heavy (non-hydrogen) atoms. The highest BCUT2D eigenvalue weighted by atomic mass is 16.1. The second kappa shape index (κ2) is 5.12. The lowest BCUT2D eigenvalue weighted by Crippen LogP contribution is -2.28. The first-order chi connectivity index (χ1) is 7.81. The van der Waals surface area contributed by atoms with Crippen LogP contribution in [0.1, 0.15) is 34.7 Å². The van der Waals surface area contributed by atoms with Crippen LogP contribution in [-0.4, -0.2) is 26.0 Å². The maximum absolute atomic E-state index is 11.4. The van der Waals surface area contributed by atoms with Crippen molar-refractivity contribution in [2.45, 2.75) is 18.8 Å². The predicted molar refractivity (Wildman–Crippen MR) is 64.7 cm³/mol. The van der Waals surface area contributed by atoms with E-state index in [0.29, 0.717) is 5.92 Å². The van der Waals surface area contributed by atoms with E-state index in [9.17, 15) is 4.79 Å². The maximum atomic E-state index is 11.4. The Bertz CT molecular complexity index is 353. The second-order valence-electron chi connectivity index (χ2n) is 4.24. The highest BCUT2D eigenvalue weighted by Gasteiger charge is 2.15. The Kier molecular flexibility index (Phi) is 3.57. The van der Waals surface area contributed by atoms with Gasteiger partial charge in [-0.1, -0.05) is 12.1 Å². The van der Waals surface area contributed by atoms with Gasteiger partial charge in [-0.25, -0.2) is 0 Å². The van der Waals surface area contributed by atoms with Gasteiger partial charge in [0.2, 0.25) is 0 Å². The van der Waals surface area contributed by atoms with E-state index < -0.39 is 0 Å². The first kappa shape index (κ1) is 11.1. The molecule has 0 bridgehead atoms. The van der Waals surface area contributed by atoms with Crippen molar-refractivity contribution < 1.29 is 4.79 Å². The van der Waals surface area contributed by atoms with Gasteiger partial charge in [-0.2, -0.15) is 0 Å². The molecule has 3 nitrogen and oxygen atoms in total. The van der Waals surface area contributed by atoms with E-state index in [4.69, 9.17) is 0 Å². The van der Waals surface area contributed by atoms with Gasteiger partial charge in [-0.3, -0.25) is 4.79 Å². The van der Waals surface area contributed by atoms with E-state index >= 15 is 0 Å². The standard InChI is InChI=1S/C13H18N2O/c1-14-13(16)11-6-4-10(5-7-11)12-3-2-8-15-9-12/h4-7,12,15H,2-3,8-9H2,1H3,(H,14,16)/t12-/m1/s1. The van der Waals surface area contributed by atoms with Gasteiger partial charge < -0.3 is 10.6 Å². The van der Waals surface area contributed by atoms with Crippen LogP contribution < -0.4 is 10.6 Å². The van der Waals surface area contributed by atoms with Crippen LogP contribution in [-0.2, 0) is 0 Å². The molecular formula is C13H18N2O. The molecule has 2 rings (SSSR count). The van der Waals surface area contributed by atoms with Crippen molar-refractivity contribution in [2.24, 2.45) is 0 Å². The van der Waals surface area contributed by atoms with Gasteiger partial charge in [0.1, 0.15) is 0 Å². The average Bonchev–Trinajstić information content (AvgIpc) is 2.39. The molecule has 0 spiro atoms. The van der Waals surface area contributed by atoms with Crippen molar-refractivity contribution in [3.63, 3.8) is 0 Å². The third-order valence-corrected chi connectivity index (χ3v) is 3.17. The minimum atomic E-state index is -0.0201. The summed E-state index contributed by atoms with van der Waals surface area (Å²) in [6.45, 7) is 2.19. The second-order valence-corrected chi connectivity index (χ2v) is 4.24. The van der Waals surface area contributed by atoms with Crippen LogP contribution in [0.5, 0.6) is 0 Å². The van der Waals surface area contributed by atoms with Crippen molar-refractivity contribution in [3.8, 4) is 0 Å². The van der Waals surface area contributed by atoms with Gasteiger partial charge >= 0.3 is 0 Å². The highest BCUT2D eigenvalue weighted by molar-refractivity contribution is 5.93. The van der Waals surface area contributed by atoms with Crippen molar-refractivity contribution in [3.05, 3.63) is 35.4 Å². The van der Waals surface area contributed by atoms with Crippen molar-refractivity contribution >= 4 is 5.91 Å². The van der Waals surface area contributed by atoms with Crippen LogP contribution in [0.4, 0.5) is 0 Å². The topological polar surface area (TPSA) is 41.1 Å². The highest BCUT2D eigenvalue weighted by Crippen LogP contribution is 2.23. The molecule has 1 aromatic carbocycles. The lowest BCUT2D eigenvalue weighted by Gasteiger charge is -2.23. The summed E-state index contributed by atoms with van der Waals surface area (Å²) >= 11 is 0. The number of amides is 1. The van der Waals surface area contributed by atoms with Gasteiger partial charge in [0.15, 0.2) is 0 Å². The minimum Gasteiger partial charge on any atom is -0.355 e. The summed E-state index contributed by atoms with van der Waals surface area (Å²) in [5, 5.41) is 6.03. The third kappa shape index (κ3) is 2.42. The number of hydrogen-bond acceptors (Lipinski definition) is 2. The summed E-state index contributed by atoms with van der Waals surface area (Å²) < 4.78 is 0. The summed E-state index contributed by atoms with van der Waals surface area (Å²) in [6.07, 6.45) is 2.48. The summed E-state index contributed by atoms with van der Waals surface area (Å²) in [5.74, 6) is 0.584. The first-order valence-corrected chi connectivity index (χ1v) is 5.84. The van der Waals surface area contributed by atoms with Crippen molar-refractivity contribution in [1.82, 2.24) is 10.6 Å². The Morgan fingerprint density at radius 1 is 1.38 bits per heavy atom. The molecule has 3 heteroatoms. The van der Waals surface area contributed by atoms with E-state index in [1.807, 2.05) is 12.1 Å². The number of carbonyl (C=O) groups excluding carboxylic acids is 1. The largest absolute Gasteiger partial charge is 0.355 e. The van der Waals surface area contributed by atoms with Gasteiger partial charge in [0.25, 0.3) is 5.91 Å². The predicted octanol–water partition coefficient (Wildman–Crippen LogP) is 1.51. The smallest absolute Gasteiger partial charge is 0.251 e. The van der Waals surface area contributed by atoms with Gasteiger partial charge in [0, 0.05) is 19.2 Å². The van der Waals surface area contributed by atoms with E-state index in [1.165, 1.54) is 18.4 Å². The van der Waals surface area contributed by atoms with E-state index in [2.05, 4.69) is 22.8 Å². The molecule has 1 saturated heterocycles. The van der Waals surface area contributed by atoms with Gasteiger partial charge in [-0.15, -0.1) is 0 Å². The number of benzene rings is 1. The number of hydrogen-bond donors (Lipinski definition) is 2. The molecule has 0 aromatic heterocycles. The zero-order valence-corrected chi connectivity index (χ0v) is 9.62. The monoisotopic (exact) mass is 218 g/mol. The summed E-state index contributed by atoms with van der Waals surface area (Å²) in [4.78, 5) is 11.4. The summed E-state index contributed by atoms with van der Waals surface area (Å²) in [7, 11) is 1.65. The summed E-state index contributed by atoms with van der Waals surface area (Å²) in [5.41, 5.74) is 2.06. The van der Waals surface area contributed by atoms with Gasteiger partial charge in [0.05, 0.1) is 0 Å². The molecule has 1 heterocycles. The van der Waals surface area contributed by atoms with Crippen LogP contribution >= 0.6 is 0 Å². The Labute approximate surface area is 96.2 Å². The molecule has 1 aliphatic heterocycles. The third-order valence-electron chi connectivity index (χ3n) is 3.17. The van der Waals surface area contributed by atoms with E-state index in [1.54, 1.807) is 7.05 Å². The van der Waals surface area contributed by atoms with E-state index in [0.717, 1.165) is 18.7 Å². The van der Waals surface area contributed by atoms with Crippen LogP contribution in [0.3, 0.4) is 0 Å². The lowest BCUT2D eigenvalue weighted by atomic mass is 9.91.